The highest BCUT2D eigenvalue weighted by atomic mass is 79.9. The number of non-ortho nitro benzene ring substituents is 1. The maximum atomic E-state index is 10.7. The van der Waals surface area contributed by atoms with E-state index in [9.17, 15) is 10.1 Å². The van der Waals surface area contributed by atoms with Gasteiger partial charge in [-0.05, 0) is 36.4 Å². The molecule has 4 nitrogen and oxygen atoms in total. The lowest BCUT2D eigenvalue weighted by Gasteiger charge is -2.13. The number of thiophene rings is 1. The Balaban J connectivity index is 1.92. The van der Waals surface area contributed by atoms with E-state index in [4.69, 9.17) is 0 Å². The van der Waals surface area contributed by atoms with Crippen LogP contribution in [0.3, 0.4) is 0 Å². The number of halogens is 1. The zero-order chi connectivity index (χ0) is 14.5. The molecule has 0 saturated heterocycles. The Morgan fingerprint density at radius 2 is 2.25 bits per heavy atom. The van der Waals surface area contributed by atoms with Gasteiger partial charge in [0.1, 0.15) is 0 Å². The summed E-state index contributed by atoms with van der Waals surface area (Å²) in [6.45, 7) is 2.82. The molecule has 1 heterocycles. The zero-order valence-electron chi connectivity index (χ0n) is 11.0. The van der Waals surface area contributed by atoms with Gasteiger partial charge in [-0.2, -0.15) is 0 Å². The third-order valence-electron chi connectivity index (χ3n) is 2.98. The van der Waals surface area contributed by atoms with Crippen molar-refractivity contribution in [2.75, 3.05) is 0 Å². The van der Waals surface area contributed by atoms with Gasteiger partial charge in [-0.15, -0.1) is 11.3 Å². The molecule has 0 aliphatic rings. The lowest BCUT2D eigenvalue weighted by molar-refractivity contribution is -0.384. The van der Waals surface area contributed by atoms with Crippen molar-refractivity contribution in [3.05, 3.63) is 60.7 Å². The van der Waals surface area contributed by atoms with Crippen LogP contribution in [0.4, 0.5) is 5.69 Å². The highest BCUT2D eigenvalue weighted by molar-refractivity contribution is 9.10. The van der Waals surface area contributed by atoms with E-state index < -0.39 is 0 Å². The minimum absolute atomic E-state index is 0.104. The van der Waals surface area contributed by atoms with Crippen LogP contribution in [0.1, 0.15) is 17.4 Å². The minimum Gasteiger partial charge on any atom is -0.310 e. The SMILES string of the molecule is CC(Cc1cccs1)NCc1ccc([N+](=O)[O-])cc1Br. The molecule has 0 radical (unpaired) electrons. The second-order valence-electron chi connectivity index (χ2n) is 4.60. The summed E-state index contributed by atoms with van der Waals surface area (Å²) in [4.78, 5) is 11.6. The molecule has 20 heavy (non-hydrogen) atoms. The van der Waals surface area contributed by atoms with Crippen LogP contribution in [0.15, 0.2) is 40.2 Å². The van der Waals surface area contributed by atoms with E-state index in [1.54, 1.807) is 23.5 Å². The molecule has 0 bridgehead atoms. The summed E-state index contributed by atoms with van der Waals surface area (Å²) in [6, 6.07) is 9.40. The highest BCUT2D eigenvalue weighted by Crippen LogP contribution is 2.23. The van der Waals surface area contributed by atoms with Gasteiger partial charge in [0.15, 0.2) is 0 Å². The lowest BCUT2D eigenvalue weighted by atomic mass is 10.1. The van der Waals surface area contributed by atoms with Gasteiger partial charge in [-0.1, -0.05) is 22.0 Å². The number of nitro benzene ring substituents is 1. The molecule has 2 aromatic rings. The van der Waals surface area contributed by atoms with Crippen LogP contribution in [0, 0.1) is 10.1 Å². The van der Waals surface area contributed by atoms with E-state index in [1.807, 2.05) is 0 Å². The van der Waals surface area contributed by atoms with Crippen LogP contribution in [0.2, 0.25) is 0 Å². The van der Waals surface area contributed by atoms with Crippen molar-refractivity contribution in [2.24, 2.45) is 0 Å². The number of rotatable bonds is 6. The summed E-state index contributed by atoms with van der Waals surface area (Å²) >= 11 is 5.14. The van der Waals surface area contributed by atoms with Gasteiger partial charge in [0.25, 0.3) is 5.69 Å². The summed E-state index contributed by atoms with van der Waals surface area (Å²) in [6.07, 6.45) is 0.988. The van der Waals surface area contributed by atoms with E-state index in [-0.39, 0.29) is 10.6 Å². The lowest BCUT2D eigenvalue weighted by Crippen LogP contribution is -2.27. The largest absolute Gasteiger partial charge is 0.310 e. The molecular weight excluding hydrogens is 340 g/mol. The summed E-state index contributed by atoms with van der Waals surface area (Å²) in [5, 5.41) is 16.2. The molecule has 1 atom stereocenters. The molecule has 0 aliphatic heterocycles. The van der Waals surface area contributed by atoms with Crippen molar-refractivity contribution >= 4 is 33.0 Å². The van der Waals surface area contributed by atoms with E-state index in [0.29, 0.717) is 12.6 Å². The Kier molecular flexibility index (Phi) is 5.28. The van der Waals surface area contributed by atoms with E-state index >= 15 is 0 Å². The molecule has 0 fully saturated rings. The first-order valence-electron chi connectivity index (χ1n) is 6.25. The Morgan fingerprint density at radius 1 is 1.45 bits per heavy atom. The van der Waals surface area contributed by atoms with E-state index in [1.165, 1.54) is 10.9 Å². The Hall–Kier alpha value is -1.24. The molecule has 0 amide bonds. The average Bonchev–Trinajstić information content (AvgIpc) is 2.90. The monoisotopic (exact) mass is 354 g/mol. The van der Waals surface area contributed by atoms with Crippen molar-refractivity contribution in [1.29, 1.82) is 0 Å². The zero-order valence-corrected chi connectivity index (χ0v) is 13.4. The molecular formula is C14H15BrN2O2S. The summed E-state index contributed by atoms with van der Waals surface area (Å²) < 4.78 is 0.766. The molecule has 0 spiro atoms. The van der Waals surface area contributed by atoms with Crippen LogP contribution in [-0.2, 0) is 13.0 Å². The first kappa shape index (κ1) is 15.2. The third kappa shape index (κ3) is 4.13. The Labute approximate surface area is 130 Å². The fourth-order valence-electron chi connectivity index (χ4n) is 1.88. The van der Waals surface area contributed by atoms with Crippen LogP contribution >= 0.6 is 27.3 Å². The number of nitrogens with zero attached hydrogens (tertiary/aromatic N) is 1. The van der Waals surface area contributed by atoms with E-state index in [0.717, 1.165) is 16.5 Å². The second kappa shape index (κ2) is 6.97. The first-order valence-corrected chi connectivity index (χ1v) is 7.92. The highest BCUT2D eigenvalue weighted by Gasteiger charge is 2.10. The van der Waals surface area contributed by atoms with Crippen LogP contribution in [0.25, 0.3) is 0 Å². The second-order valence-corrected chi connectivity index (χ2v) is 6.48. The van der Waals surface area contributed by atoms with E-state index in [2.05, 4.69) is 45.7 Å². The summed E-state index contributed by atoms with van der Waals surface area (Å²) in [7, 11) is 0. The van der Waals surface area contributed by atoms with Gasteiger partial charge in [0, 0.05) is 34.1 Å². The van der Waals surface area contributed by atoms with Gasteiger partial charge >= 0.3 is 0 Å². The molecule has 1 aromatic heterocycles. The van der Waals surface area contributed by atoms with Crippen molar-refractivity contribution < 1.29 is 4.92 Å². The number of hydrogen-bond donors (Lipinski definition) is 1. The topological polar surface area (TPSA) is 55.2 Å². The fourth-order valence-corrected chi connectivity index (χ4v) is 3.22. The maximum Gasteiger partial charge on any atom is 0.270 e. The molecule has 0 saturated carbocycles. The van der Waals surface area contributed by atoms with Crippen LogP contribution in [0.5, 0.6) is 0 Å². The van der Waals surface area contributed by atoms with Gasteiger partial charge < -0.3 is 5.32 Å². The van der Waals surface area contributed by atoms with Gasteiger partial charge in [-0.25, -0.2) is 0 Å². The van der Waals surface area contributed by atoms with Crippen molar-refractivity contribution in [3.63, 3.8) is 0 Å². The van der Waals surface area contributed by atoms with Crippen LogP contribution in [-0.4, -0.2) is 11.0 Å². The average molecular weight is 355 g/mol. The molecule has 1 unspecified atom stereocenters. The summed E-state index contributed by atoms with van der Waals surface area (Å²) in [5.41, 5.74) is 1.13. The Morgan fingerprint density at radius 3 is 2.85 bits per heavy atom. The molecule has 0 aliphatic carbocycles. The predicted molar refractivity (Wildman–Crippen MR) is 85.1 cm³/mol. The van der Waals surface area contributed by atoms with Crippen molar-refractivity contribution in [1.82, 2.24) is 5.32 Å². The molecule has 106 valence electrons. The quantitative estimate of drug-likeness (QED) is 0.626. The number of hydrogen-bond acceptors (Lipinski definition) is 4. The molecule has 1 N–H and O–H groups in total. The molecule has 6 heteroatoms. The normalized spacial score (nSPS) is 12.3. The van der Waals surface area contributed by atoms with Gasteiger partial charge in [-0.3, -0.25) is 10.1 Å². The smallest absolute Gasteiger partial charge is 0.270 e. The number of benzene rings is 1. The summed E-state index contributed by atoms with van der Waals surface area (Å²) in [5.74, 6) is 0. The maximum absolute atomic E-state index is 10.7. The van der Waals surface area contributed by atoms with Gasteiger partial charge in [0.2, 0.25) is 0 Å². The Bertz CT molecular complexity index is 587. The molecule has 2 rings (SSSR count). The van der Waals surface area contributed by atoms with Crippen LogP contribution < -0.4 is 5.32 Å². The predicted octanol–water partition coefficient (Wildman–Crippen LogP) is 4.14. The fraction of sp³-hybridized carbons (Fsp3) is 0.286. The number of nitro groups is 1. The third-order valence-corrected chi connectivity index (χ3v) is 4.61. The van der Waals surface area contributed by atoms with Crippen molar-refractivity contribution in [3.8, 4) is 0 Å². The standard InChI is InChI=1S/C14H15BrN2O2S/c1-10(7-13-3-2-6-20-13)16-9-11-4-5-12(17(18)19)8-14(11)15/h2-6,8,10,16H,7,9H2,1H3. The van der Waals surface area contributed by atoms with Gasteiger partial charge in [0.05, 0.1) is 4.92 Å². The van der Waals surface area contributed by atoms with Crippen molar-refractivity contribution in [2.45, 2.75) is 25.9 Å². The number of nitrogens with one attached hydrogen (secondary N) is 1. The minimum atomic E-state index is -0.388. The molecule has 1 aromatic carbocycles. The first-order chi connectivity index (χ1) is 9.56.